The van der Waals surface area contributed by atoms with Crippen LogP contribution in [0.2, 0.25) is 18.1 Å². The van der Waals surface area contributed by atoms with Crippen LogP contribution in [0, 0.1) is 0 Å². The molecule has 0 spiro atoms. The maximum absolute atomic E-state index is 12.0. The Morgan fingerprint density at radius 1 is 1.13 bits per heavy atom. The van der Waals surface area contributed by atoms with Crippen LogP contribution in [-0.2, 0) is 30.1 Å². The first-order valence-corrected chi connectivity index (χ1v) is 15.4. The van der Waals surface area contributed by atoms with E-state index in [2.05, 4.69) is 39.2 Å². The molecule has 0 aliphatic carbocycles. The molecule has 1 unspecified atom stereocenters. The van der Waals surface area contributed by atoms with Crippen LogP contribution in [0.4, 0.5) is 4.79 Å². The highest BCUT2D eigenvalue weighted by atomic mass is 32.2. The standard InChI is InChI=1S/C22H39NO6SSi/c1-18(23-21(24)27-16-19-13-9-8-10-14-19)12-11-15-20(29-30(5,25)26)17-28-31(6,7)22(2,3)4/h8-10,13-14,18,20H,11-12,15-17H2,1-7H3,(H,23,24)/t18-,20?/m1/s1. The van der Waals surface area contributed by atoms with Crippen molar-refractivity contribution in [3.05, 3.63) is 35.9 Å². The van der Waals surface area contributed by atoms with Crippen LogP contribution >= 0.6 is 0 Å². The first-order chi connectivity index (χ1) is 14.2. The fourth-order valence-electron chi connectivity index (χ4n) is 2.61. The Morgan fingerprint density at radius 2 is 1.74 bits per heavy atom. The van der Waals surface area contributed by atoms with Crippen molar-refractivity contribution < 1.29 is 26.6 Å². The summed E-state index contributed by atoms with van der Waals surface area (Å²) in [6.07, 6.45) is 1.92. The summed E-state index contributed by atoms with van der Waals surface area (Å²) >= 11 is 0. The fraction of sp³-hybridized carbons (Fsp3) is 0.682. The Morgan fingerprint density at radius 3 is 2.29 bits per heavy atom. The van der Waals surface area contributed by atoms with Crippen molar-refractivity contribution in [3.8, 4) is 0 Å². The second kappa shape index (κ2) is 12.0. The van der Waals surface area contributed by atoms with Crippen molar-refractivity contribution in [2.45, 2.75) is 83.8 Å². The molecule has 0 radical (unpaired) electrons. The van der Waals surface area contributed by atoms with Gasteiger partial charge in [-0.3, -0.25) is 4.18 Å². The van der Waals surface area contributed by atoms with Gasteiger partial charge in [-0.15, -0.1) is 0 Å². The van der Waals surface area contributed by atoms with Gasteiger partial charge in [0.2, 0.25) is 0 Å². The second-order valence-electron chi connectivity index (χ2n) is 9.53. The Kier molecular flexibility index (Phi) is 10.7. The van der Waals surface area contributed by atoms with Gasteiger partial charge < -0.3 is 14.5 Å². The zero-order valence-electron chi connectivity index (χ0n) is 19.9. The molecule has 0 bridgehead atoms. The summed E-state index contributed by atoms with van der Waals surface area (Å²) in [6.45, 7) is 13.0. The number of rotatable bonds is 12. The summed E-state index contributed by atoms with van der Waals surface area (Å²) in [5.74, 6) is 0. The van der Waals surface area contributed by atoms with Crippen LogP contribution in [0.25, 0.3) is 0 Å². The fourth-order valence-corrected chi connectivity index (χ4v) is 4.30. The van der Waals surface area contributed by atoms with Crippen molar-refractivity contribution in [2.75, 3.05) is 12.9 Å². The number of carbonyl (C=O) groups excluding carboxylic acids is 1. The summed E-state index contributed by atoms with van der Waals surface area (Å²) in [5.41, 5.74) is 0.924. The predicted molar refractivity (Wildman–Crippen MR) is 126 cm³/mol. The summed E-state index contributed by atoms with van der Waals surface area (Å²) in [5, 5.41) is 2.83. The number of alkyl carbamates (subject to hydrolysis) is 1. The first kappa shape index (κ1) is 27.6. The Bertz CT molecular complexity index is 777. The summed E-state index contributed by atoms with van der Waals surface area (Å²) in [7, 11) is -5.60. The van der Waals surface area contributed by atoms with Crippen LogP contribution < -0.4 is 5.32 Å². The molecule has 31 heavy (non-hydrogen) atoms. The lowest BCUT2D eigenvalue weighted by Crippen LogP contribution is -2.43. The van der Waals surface area contributed by atoms with Gasteiger partial charge in [-0.2, -0.15) is 8.42 Å². The number of nitrogens with one attached hydrogen (secondary N) is 1. The van der Waals surface area contributed by atoms with Gasteiger partial charge in [-0.25, -0.2) is 4.79 Å². The molecule has 0 fully saturated rings. The normalized spacial score (nSPS) is 14.7. The molecule has 178 valence electrons. The largest absolute Gasteiger partial charge is 0.445 e. The first-order valence-electron chi connectivity index (χ1n) is 10.7. The highest BCUT2D eigenvalue weighted by molar-refractivity contribution is 7.86. The molecular weight excluding hydrogens is 434 g/mol. The number of amides is 1. The van der Waals surface area contributed by atoms with E-state index in [1.54, 1.807) is 0 Å². The SMILES string of the molecule is C[C@H](CCCC(CO[Si](C)(C)C(C)(C)C)OS(C)(=O)=O)NC(=O)OCc1ccccc1. The van der Waals surface area contributed by atoms with Crippen molar-refractivity contribution in [2.24, 2.45) is 0 Å². The van der Waals surface area contributed by atoms with E-state index in [1.807, 2.05) is 37.3 Å². The van der Waals surface area contributed by atoms with Gasteiger partial charge in [0.05, 0.1) is 19.0 Å². The highest BCUT2D eigenvalue weighted by Gasteiger charge is 2.37. The number of benzene rings is 1. The van der Waals surface area contributed by atoms with Gasteiger partial charge in [0.15, 0.2) is 8.32 Å². The van der Waals surface area contributed by atoms with E-state index in [1.165, 1.54) is 0 Å². The third-order valence-electron chi connectivity index (χ3n) is 5.49. The monoisotopic (exact) mass is 473 g/mol. The third kappa shape index (κ3) is 11.7. The van der Waals surface area contributed by atoms with Crippen LogP contribution in [0.3, 0.4) is 0 Å². The maximum Gasteiger partial charge on any atom is 0.407 e. The molecular formula is C22H39NO6SSi. The smallest absolute Gasteiger partial charge is 0.407 e. The van der Waals surface area contributed by atoms with E-state index < -0.39 is 30.6 Å². The molecule has 9 heteroatoms. The maximum atomic E-state index is 12.0. The zero-order valence-corrected chi connectivity index (χ0v) is 21.8. The molecule has 0 aromatic heterocycles. The summed E-state index contributed by atoms with van der Waals surface area (Å²) < 4.78 is 40.0. The molecule has 1 rings (SSSR count). The van der Waals surface area contributed by atoms with Gasteiger partial charge >= 0.3 is 6.09 Å². The van der Waals surface area contributed by atoms with Crippen LogP contribution in [-0.4, -0.2) is 47.8 Å². The third-order valence-corrected chi connectivity index (χ3v) is 10.6. The number of hydrogen-bond acceptors (Lipinski definition) is 6. The van der Waals surface area contributed by atoms with Gasteiger partial charge in [0, 0.05) is 6.04 Å². The molecule has 0 heterocycles. The second-order valence-corrected chi connectivity index (χ2v) is 15.9. The zero-order chi connectivity index (χ0) is 23.7. The van der Waals surface area contributed by atoms with E-state index >= 15 is 0 Å². The molecule has 7 nitrogen and oxygen atoms in total. The van der Waals surface area contributed by atoms with E-state index in [0.29, 0.717) is 19.3 Å². The minimum Gasteiger partial charge on any atom is -0.445 e. The van der Waals surface area contributed by atoms with Crippen LogP contribution in [0.5, 0.6) is 0 Å². The van der Waals surface area contributed by atoms with Crippen LogP contribution in [0.15, 0.2) is 30.3 Å². The Hall–Kier alpha value is -1.42. The topological polar surface area (TPSA) is 90.9 Å². The van der Waals surface area contributed by atoms with Gasteiger partial charge in [-0.05, 0) is 49.9 Å². The molecule has 1 aromatic carbocycles. The number of carbonyl (C=O) groups is 1. The van der Waals surface area contributed by atoms with Gasteiger partial charge in [0.1, 0.15) is 6.61 Å². The molecule has 2 atom stereocenters. The molecule has 0 saturated carbocycles. The lowest BCUT2D eigenvalue weighted by Gasteiger charge is -2.37. The molecule has 1 N–H and O–H groups in total. The predicted octanol–water partition coefficient (Wildman–Crippen LogP) is 4.84. The van der Waals surface area contributed by atoms with E-state index in [0.717, 1.165) is 11.8 Å². The Labute approximate surface area is 189 Å². The number of hydrogen-bond donors (Lipinski definition) is 1. The quantitative estimate of drug-likeness (QED) is 0.345. The summed E-state index contributed by atoms with van der Waals surface area (Å²) in [6, 6.07) is 9.37. The minimum absolute atomic E-state index is 0.0290. The van der Waals surface area contributed by atoms with E-state index in [-0.39, 0.29) is 24.3 Å². The minimum atomic E-state index is -3.58. The van der Waals surface area contributed by atoms with Crippen molar-refractivity contribution in [1.29, 1.82) is 0 Å². The van der Waals surface area contributed by atoms with Crippen molar-refractivity contribution in [3.63, 3.8) is 0 Å². The number of ether oxygens (including phenoxy) is 1. The Balaban J connectivity index is 2.46. The average molecular weight is 474 g/mol. The average Bonchev–Trinajstić information content (AvgIpc) is 2.63. The summed E-state index contributed by atoms with van der Waals surface area (Å²) in [4.78, 5) is 12.0. The van der Waals surface area contributed by atoms with Gasteiger partial charge in [-0.1, -0.05) is 51.1 Å². The molecule has 1 amide bonds. The highest BCUT2D eigenvalue weighted by Crippen LogP contribution is 2.36. The molecule has 0 aliphatic rings. The van der Waals surface area contributed by atoms with Crippen molar-refractivity contribution in [1.82, 2.24) is 5.32 Å². The lowest BCUT2D eigenvalue weighted by atomic mass is 10.1. The van der Waals surface area contributed by atoms with E-state index in [4.69, 9.17) is 13.3 Å². The van der Waals surface area contributed by atoms with Crippen molar-refractivity contribution >= 4 is 24.5 Å². The molecule has 1 aromatic rings. The lowest BCUT2D eigenvalue weighted by molar-refractivity contribution is 0.115. The van der Waals surface area contributed by atoms with E-state index in [9.17, 15) is 13.2 Å². The molecule has 0 aliphatic heterocycles. The molecule has 0 saturated heterocycles. The van der Waals surface area contributed by atoms with Crippen LogP contribution in [0.1, 0.15) is 52.5 Å². The van der Waals surface area contributed by atoms with Gasteiger partial charge in [0.25, 0.3) is 10.1 Å².